The highest BCUT2D eigenvalue weighted by molar-refractivity contribution is 9.10. The number of benzene rings is 2. The van der Waals surface area contributed by atoms with Crippen LogP contribution < -0.4 is 20.2 Å². The zero-order chi connectivity index (χ0) is 19.6. The van der Waals surface area contributed by atoms with Crippen LogP contribution in [0.15, 0.2) is 52.0 Å². The first-order valence-corrected chi connectivity index (χ1v) is 9.55. The first kappa shape index (κ1) is 20.9. The van der Waals surface area contributed by atoms with Crippen molar-refractivity contribution in [2.75, 3.05) is 13.2 Å². The highest BCUT2D eigenvalue weighted by atomic mass is 79.9. The van der Waals surface area contributed by atoms with Gasteiger partial charge in [0.2, 0.25) is 0 Å². The van der Waals surface area contributed by atoms with E-state index < -0.39 is 5.97 Å². The minimum atomic E-state index is -0.467. The summed E-state index contributed by atoms with van der Waals surface area (Å²) in [4.78, 5) is 12.4. The molecule has 0 aliphatic rings. The zero-order valence-electron chi connectivity index (χ0n) is 15.0. The first-order valence-electron chi connectivity index (χ1n) is 8.35. The molecular weight excluding hydrogens is 430 g/mol. The van der Waals surface area contributed by atoms with E-state index in [2.05, 4.69) is 31.8 Å². The van der Waals surface area contributed by atoms with Crippen molar-refractivity contribution < 1.29 is 14.3 Å². The van der Waals surface area contributed by atoms with Gasteiger partial charge in [0.1, 0.15) is 11.5 Å². The van der Waals surface area contributed by atoms with Gasteiger partial charge in [0, 0.05) is 16.6 Å². The van der Waals surface area contributed by atoms with Gasteiger partial charge in [-0.05, 0) is 68.5 Å². The highest BCUT2D eigenvalue weighted by Crippen LogP contribution is 2.23. The Hall–Kier alpha value is -2.45. The molecule has 0 aliphatic carbocycles. The van der Waals surface area contributed by atoms with Gasteiger partial charge in [-0.15, -0.1) is 0 Å². The third-order valence-corrected chi connectivity index (χ3v) is 4.01. The Kier molecular flexibility index (Phi) is 8.22. The molecule has 2 aromatic carbocycles. The fraction of sp³-hybridized carbons (Fsp3) is 0.211. The summed E-state index contributed by atoms with van der Waals surface area (Å²) in [6, 6.07) is 12.1. The van der Waals surface area contributed by atoms with Gasteiger partial charge in [0.25, 0.3) is 0 Å². The molecule has 0 aromatic heterocycles. The maximum Gasteiger partial charge on any atom is 0.343 e. The predicted molar refractivity (Wildman–Crippen MR) is 114 cm³/mol. The van der Waals surface area contributed by atoms with E-state index >= 15 is 0 Å². The quantitative estimate of drug-likeness (QED) is 0.219. The van der Waals surface area contributed by atoms with Crippen LogP contribution >= 0.6 is 28.1 Å². The maximum absolute atomic E-state index is 12.4. The molecule has 142 valence electrons. The number of hydrogen-bond acceptors (Lipinski definition) is 5. The zero-order valence-corrected chi connectivity index (χ0v) is 17.4. The highest BCUT2D eigenvalue weighted by Gasteiger charge is 2.12. The van der Waals surface area contributed by atoms with Crippen molar-refractivity contribution in [1.29, 1.82) is 0 Å². The lowest BCUT2D eigenvalue weighted by Gasteiger charge is -2.09. The molecule has 0 fully saturated rings. The molecule has 0 aliphatic heterocycles. The van der Waals surface area contributed by atoms with Crippen molar-refractivity contribution in [3.63, 3.8) is 0 Å². The van der Waals surface area contributed by atoms with Gasteiger partial charge < -0.3 is 14.8 Å². The van der Waals surface area contributed by atoms with Gasteiger partial charge in [0.15, 0.2) is 5.11 Å². The van der Waals surface area contributed by atoms with Crippen LogP contribution in [0.5, 0.6) is 11.5 Å². The Morgan fingerprint density at radius 2 is 1.96 bits per heavy atom. The third kappa shape index (κ3) is 6.65. The van der Waals surface area contributed by atoms with Gasteiger partial charge >= 0.3 is 5.97 Å². The van der Waals surface area contributed by atoms with Crippen molar-refractivity contribution in [1.82, 2.24) is 10.7 Å². The van der Waals surface area contributed by atoms with Gasteiger partial charge in [-0.25, -0.2) is 4.79 Å². The standard InChI is InChI=1S/C19H20BrN3O3S/c1-3-21-19(27)23-22-12-14-11-15(20)7-10-17(14)26-18(24)13-5-8-16(9-6-13)25-4-2/h5-12H,3-4H2,1-2H3,(H2,21,23,27)/b22-12+. The summed E-state index contributed by atoms with van der Waals surface area (Å²) in [5, 5.41) is 7.41. The van der Waals surface area contributed by atoms with Crippen molar-refractivity contribution in [3.8, 4) is 11.5 Å². The molecular formula is C19H20BrN3O3S. The number of hydrazone groups is 1. The fourth-order valence-corrected chi connectivity index (χ4v) is 2.66. The van der Waals surface area contributed by atoms with Crippen LogP contribution in [0.2, 0.25) is 0 Å². The van der Waals surface area contributed by atoms with E-state index in [9.17, 15) is 4.79 Å². The van der Waals surface area contributed by atoms with Crippen LogP contribution in [0.4, 0.5) is 0 Å². The molecule has 2 aromatic rings. The molecule has 0 bridgehead atoms. The second-order valence-corrected chi connectivity index (χ2v) is 6.58. The van der Waals surface area contributed by atoms with Crippen LogP contribution in [-0.4, -0.2) is 30.4 Å². The summed E-state index contributed by atoms with van der Waals surface area (Å²) in [5.41, 5.74) is 3.75. The van der Waals surface area contributed by atoms with Crippen molar-refractivity contribution in [2.24, 2.45) is 5.10 Å². The number of esters is 1. The van der Waals surface area contributed by atoms with E-state index in [1.807, 2.05) is 13.8 Å². The molecule has 27 heavy (non-hydrogen) atoms. The van der Waals surface area contributed by atoms with E-state index in [4.69, 9.17) is 21.7 Å². The Morgan fingerprint density at radius 3 is 2.63 bits per heavy atom. The van der Waals surface area contributed by atoms with Gasteiger partial charge in [-0.1, -0.05) is 15.9 Å². The Bertz CT molecular complexity index is 825. The van der Waals surface area contributed by atoms with E-state index in [1.165, 1.54) is 6.21 Å². The van der Waals surface area contributed by atoms with Gasteiger partial charge in [-0.3, -0.25) is 5.43 Å². The predicted octanol–water partition coefficient (Wildman–Crippen LogP) is 3.88. The molecule has 8 heteroatoms. The number of thiocarbonyl (C=S) groups is 1. The summed E-state index contributed by atoms with van der Waals surface area (Å²) in [6.45, 7) is 5.10. The molecule has 0 unspecified atom stereocenters. The molecule has 0 radical (unpaired) electrons. The molecule has 2 N–H and O–H groups in total. The van der Waals surface area contributed by atoms with Crippen LogP contribution in [-0.2, 0) is 0 Å². The summed E-state index contributed by atoms with van der Waals surface area (Å²) >= 11 is 8.45. The van der Waals surface area contributed by atoms with E-state index in [-0.39, 0.29) is 0 Å². The first-order chi connectivity index (χ1) is 13.0. The topological polar surface area (TPSA) is 72.0 Å². The number of rotatable bonds is 7. The van der Waals surface area contributed by atoms with E-state index in [0.717, 1.165) is 4.47 Å². The van der Waals surface area contributed by atoms with Crippen LogP contribution in [0.1, 0.15) is 29.8 Å². The Labute approximate surface area is 172 Å². The molecule has 0 atom stereocenters. The van der Waals surface area contributed by atoms with E-state index in [0.29, 0.717) is 40.9 Å². The lowest BCUT2D eigenvalue weighted by atomic mass is 10.2. The van der Waals surface area contributed by atoms with Crippen molar-refractivity contribution >= 4 is 45.4 Å². The lowest BCUT2D eigenvalue weighted by molar-refractivity contribution is 0.0734. The number of nitrogens with zero attached hydrogens (tertiary/aromatic N) is 1. The van der Waals surface area contributed by atoms with E-state index in [1.54, 1.807) is 42.5 Å². The second kappa shape index (κ2) is 10.6. The molecule has 2 rings (SSSR count). The number of hydrogen-bond donors (Lipinski definition) is 2. The van der Waals surface area contributed by atoms with Crippen molar-refractivity contribution in [3.05, 3.63) is 58.1 Å². The smallest absolute Gasteiger partial charge is 0.343 e. The van der Waals surface area contributed by atoms with Crippen LogP contribution in [0.25, 0.3) is 0 Å². The largest absolute Gasteiger partial charge is 0.494 e. The minimum absolute atomic E-state index is 0.386. The number of carbonyl (C=O) groups is 1. The molecule has 0 amide bonds. The number of carbonyl (C=O) groups excluding carboxylic acids is 1. The summed E-state index contributed by atoms with van der Waals surface area (Å²) in [6.07, 6.45) is 1.54. The normalized spacial score (nSPS) is 10.5. The third-order valence-electron chi connectivity index (χ3n) is 3.28. The monoisotopic (exact) mass is 449 g/mol. The molecule has 0 saturated carbocycles. The van der Waals surface area contributed by atoms with Gasteiger partial charge in [-0.2, -0.15) is 5.10 Å². The Morgan fingerprint density at radius 1 is 1.22 bits per heavy atom. The summed E-state index contributed by atoms with van der Waals surface area (Å²) < 4.78 is 11.7. The second-order valence-electron chi connectivity index (χ2n) is 5.26. The maximum atomic E-state index is 12.4. The summed E-state index contributed by atoms with van der Waals surface area (Å²) in [7, 11) is 0. The SMILES string of the molecule is CCNC(=S)N/N=C/c1cc(Br)ccc1OC(=O)c1ccc(OCC)cc1. The van der Waals surface area contributed by atoms with Gasteiger partial charge in [0.05, 0.1) is 18.4 Å². The van der Waals surface area contributed by atoms with Crippen LogP contribution in [0.3, 0.4) is 0 Å². The van der Waals surface area contributed by atoms with Crippen LogP contribution in [0, 0.1) is 0 Å². The summed E-state index contributed by atoms with van der Waals surface area (Å²) in [5.74, 6) is 0.622. The Balaban J connectivity index is 2.12. The fourth-order valence-electron chi connectivity index (χ4n) is 2.09. The molecule has 6 nitrogen and oxygen atoms in total. The van der Waals surface area contributed by atoms with Crippen molar-refractivity contribution in [2.45, 2.75) is 13.8 Å². The average molecular weight is 450 g/mol. The number of nitrogens with one attached hydrogen (secondary N) is 2. The number of ether oxygens (including phenoxy) is 2. The molecule has 0 saturated heterocycles. The molecule has 0 spiro atoms. The minimum Gasteiger partial charge on any atom is -0.494 e. The average Bonchev–Trinajstić information content (AvgIpc) is 2.65. The molecule has 0 heterocycles. The lowest BCUT2D eigenvalue weighted by Crippen LogP contribution is -2.31. The number of halogens is 1.